The van der Waals surface area contributed by atoms with Crippen molar-refractivity contribution in [2.24, 2.45) is 5.92 Å². The van der Waals surface area contributed by atoms with Gasteiger partial charge in [0.05, 0.1) is 6.26 Å². The molecule has 0 aliphatic carbocycles. The van der Waals surface area contributed by atoms with Crippen LogP contribution in [0.15, 0.2) is 53.1 Å². The second kappa shape index (κ2) is 7.95. The first-order valence-corrected chi connectivity index (χ1v) is 8.59. The van der Waals surface area contributed by atoms with Crippen LogP contribution >= 0.6 is 0 Å². The Hall–Kier alpha value is -2.36. The van der Waals surface area contributed by atoms with Gasteiger partial charge in [0.1, 0.15) is 11.5 Å². The van der Waals surface area contributed by atoms with E-state index in [1.165, 1.54) is 0 Å². The van der Waals surface area contributed by atoms with Crippen LogP contribution in [0.5, 0.6) is 0 Å². The molecule has 24 heavy (non-hydrogen) atoms. The fourth-order valence-electron chi connectivity index (χ4n) is 3.25. The van der Waals surface area contributed by atoms with Gasteiger partial charge in [-0.3, -0.25) is 9.59 Å². The highest BCUT2D eigenvalue weighted by Crippen LogP contribution is 2.20. The molecular formula is C20H23NO3. The number of furan rings is 1. The first kappa shape index (κ1) is 16.5. The van der Waals surface area contributed by atoms with E-state index in [1.807, 2.05) is 47.4 Å². The zero-order chi connectivity index (χ0) is 16.8. The molecule has 4 nitrogen and oxygen atoms in total. The van der Waals surface area contributed by atoms with E-state index < -0.39 is 0 Å². The summed E-state index contributed by atoms with van der Waals surface area (Å²) in [4.78, 5) is 26.8. The van der Waals surface area contributed by atoms with E-state index in [9.17, 15) is 9.59 Å². The third-order valence-electron chi connectivity index (χ3n) is 4.62. The molecule has 1 aromatic carbocycles. The minimum Gasteiger partial charge on any atom is -0.469 e. The highest BCUT2D eigenvalue weighted by molar-refractivity contribution is 5.84. The smallest absolute Gasteiger partial charge is 0.223 e. The van der Waals surface area contributed by atoms with Crippen LogP contribution in [-0.2, 0) is 22.4 Å². The SMILES string of the molecule is O=C(Cc1ccccc1)[C@H]1CCCN(C(=O)CCc2ccco2)C1. The zero-order valence-electron chi connectivity index (χ0n) is 13.8. The number of aryl methyl sites for hydroxylation is 1. The number of nitrogens with zero attached hydrogens (tertiary/aromatic N) is 1. The van der Waals surface area contributed by atoms with Crippen molar-refractivity contribution >= 4 is 11.7 Å². The number of carbonyl (C=O) groups is 2. The molecule has 3 rings (SSSR count). The first-order chi connectivity index (χ1) is 11.7. The number of piperidine rings is 1. The Morgan fingerprint density at radius 2 is 1.96 bits per heavy atom. The van der Waals surface area contributed by atoms with Gasteiger partial charge in [-0.2, -0.15) is 0 Å². The second-order valence-corrected chi connectivity index (χ2v) is 6.39. The predicted octanol–water partition coefficient (Wildman–Crippen LogP) is 3.26. The molecule has 1 saturated heterocycles. The Morgan fingerprint density at radius 1 is 1.12 bits per heavy atom. The summed E-state index contributed by atoms with van der Waals surface area (Å²) in [6, 6.07) is 13.5. The summed E-state index contributed by atoms with van der Waals surface area (Å²) >= 11 is 0. The standard InChI is InChI=1S/C20H23NO3/c22-19(14-16-6-2-1-3-7-16)17-8-4-12-21(15-17)20(23)11-10-18-9-5-13-24-18/h1-3,5-7,9,13,17H,4,8,10-12,14-15H2/t17-/m0/s1. The van der Waals surface area contributed by atoms with E-state index >= 15 is 0 Å². The average molecular weight is 325 g/mol. The molecule has 2 heterocycles. The summed E-state index contributed by atoms with van der Waals surface area (Å²) < 4.78 is 5.27. The third-order valence-corrected chi connectivity index (χ3v) is 4.62. The van der Waals surface area contributed by atoms with Gasteiger partial charge in [-0.15, -0.1) is 0 Å². The number of benzene rings is 1. The second-order valence-electron chi connectivity index (χ2n) is 6.39. The lowest BCUT2D eigenvalue weighted by Crippen LogP contribution is -2.42. The molecule has 1 aliphatic heterocycles. The van der Waals surface area contributed by atoms with E-state index in [-0.39, 0.29) is 17.6 Å². The molecule has 0 N–H and O–H groups in total. The lowest BCUT2D eigenvalue weighted by Gasteiger charge is -2.32. The molecular weight excluding hydrogens is 302 g/mol. The van der Waals surface area contributed by atoms with Gasteiger partial charge in [-0.25, -0.2) is 0 Å². The maximum absolute atomic E-state index is 12.5. The van der Waals surface area contributed by atoms with Crippen molar-refractivity contribution in [3.8, 4) is 0 Å². The summed E-state index contributed by atoms with van der Waals surface area (Å²) in [5.74, 6) is 1.15. The van der Waals surface area contributed by atoms with Gasteiger partial charge < -0.3 is 9.32 Å². The van der Waals surface area contributed by atoms with E-state index in [1.54, 1.807) is 6.26 Å². The first-order valence-electron chi connectivity index (χ1n) is 8.59. The van der Waals surface area contributed by atoms with Crippen molar-refractivity contribution in [2.75, 3.05) is 13.1 Å². The summed E-state index contributed by atoms with van der Waals surface area (Å²) in [6.45, 7) is 1.31. The normalized spacial score (nSPS) is 17.7. The fraction of sp³-hybridized carbons (Fsp3) is 0.400. The number of amides is 1. The molecule has 0 saturated carbocycles. The summed E-state index contributed by atoms with van der Waals surface area (Å²) in [7, 11) is 0. The van der Waals surface area contributed by atoms with Gasteiger partial charge in [0, 0.05) is 38.3 Å². The Kier molecular flexibility index (Phi) is 5.47. The zero-order valence-corrected chi connectivity index (χ0v) is 13.8. The lowest BCUT2D eigenvalue weighted by molar-refractivity contribution is -0.135. The fourth-order valence-corrected chi connectivity index (χ4v) is 3.25. The minimum absolute atomic E-state index is 0.0356. The number of ketones is 1. The predicted molar refractivity (Wildman–Crippen MR) is 91.5 cm³/mol. The van der Waals surface area contributed by atoms with Gasteiger partial charge in [0.25, 0.3) is 0 Å². The van der Waals surface area contributed by atoms with Crippen LogP contribution in [0.3, 0.4) is 0 Å². The van der Waals surface area contributed by atoms with Crippen molar-refractivity contribution < 1.29 is 14.0 Å². The van der Waals surface area contributed by atoms with Crippen LogP contribution < -0.4 is 0 Å². The molecule has 2 aromatic rings. The lowest BCUT2D eigenvalue weighted by atomic mass is 9.90. The highest BCUT2D eigenvalue weighted by atomic mass is 16.3. The Labute approximate surface area is 142 Å². The highest BCUT2D eigenvalue weighted by Gasteiger charge is 2.28. The van der Waals surface area contributed by atoms with E-state index in [2.05, 4.69) is 0 Å². The average Bonchev–Trinajstić information content (AvgIpc) is 3.14. The Morgan fingerprint density at radius 3 is 2.71 bits per heavy atom. The van der Waals surface area contributed by atoms with Crippen LogP contribution in [0, 0.1) is 5.92 Å². The number of hydrogen-bond acceptors (Lipinski definition) is 3. The van der Waals surface area contributed by atoms with Gasteiger partial charge in [0.15, 0.2) is 0 Å². The van der Waals surface area contributed by atoms with E-state index in [0.717, 1.165) is 30.7 Å². The van der Waals surface area contributed by atoms with Crippen LogP contribution in [0.4, 0.5) is 0 Å². The Balaban J connectivity index is 1.51. The van der Waals surface area contributed by atoms with Crippen LogP contribution in [0.2, 0.25) is 0 Å². The number of rotatable bonds is 6. The molecule has 1 aliphatic rings. The Bertz CT molecular complexity index is 663. The number of likely N-dealkylation sites (tertiary alicyclic amines) is 1. The molecule has 0 bridgehead atoms. The van der Waals surface area contributed by atoms with Crippen molar-refractivity contribution in [3.63, 3.8) is 0 Å². The van der Waals surface area contributed by atoms with Gasteiger partial charge in [-0.1, -0.05) is 30.3 Å². The largest absolute Gasteiger partial charge is 0.469 e. The minimum atomic E-state index is -0.0356. The molecule has 4 heteroatoms. The molecule has 126 valence electrons. The van der Waals surface area contributed by atoms with Gasteiger partial charge >= 0.3 is 0 Å². The van der Waals surface area contributed by atoms with Crippen molar-refractivity contribution in [1.29, 1.82) is 0 Å². The van der Waals surface area contributed by atoms with Gasteiger partial charge in [0.2, 0.25) is 5.91 Å². The number of Topliss-reactive ketones (excluding diaryl/α,β-unsaturated/α-hetero) is 1. The molecule has 1 fully saturated rings. The van der Waals surface area contributed by atoms with E-state index in [0.29, 0.717) is 25.8 Å². The summed E-state index contributed by atoms with van der Waals surface area (Å²) in [5.41, 5.74) is 1.05. The van der Waals surface area contributed by atoms with Crippen LogP contribution in [-0.4, -0.2) is 29.7 Å². The quantitative estimate of drug-likeness (QED) is 0.819. The van der Waals surface area contributed by atoms with Crippen molar-refractivity contribution in [2.45, 2.75) is 32.1 Å². The maximum Gasteiger partial charge on any atom is 0.223 e. The molecule has 0 radical (unpaired) electrons. The number of hydrogen-bond donors (Lipinski definition) is 0. The summed E-state index contributed by atoms with van der Waals surface area (Å²) in [6.07, 6.45) is 4.92. The maximum atomic E-state index is 12.5. The van der Waals surface area contributed by atoms with Crippen molar-refractivity contribution in [1.82, 2.24) is 4.90 Å². The third kappa shape index (κ3) is 4.34. The molecule has 0 unspecified atom stereocenters. The van der Waals surface area contributed by atoms with E-state index in [4.69, 9.17) is 4.42 Å². The monoisotopic (exact) mass is 325 g/mol. The summed E-state index contributed by atoms with van der Waals surface area (Å²) in [5, 5.41) is 0. The number of carbonyl (C=O) groups excluding carboxylic acids is 2. The molecule has 1 amide bonds. The molecule has 1 atom stereocenters. The van der Waals surface area contributed by atoms with Gasteiger partial charge in [-0.05, 0) is 30.5 Å². The van der Waals surface area contributed by atoms with Crippen LogP contribution in [0.1, 0.15) is 30.6 Å². The van der Waals surface area contributed by atoms with Crippen molar-refractivity contribution in [3.05, 3.63) is 60.1 Å². The molecule has 0 spiro atoms. The topological polar surface area (TPSA) is 50.5 Å². The molecule has 1 aromatic heterocycles. The van der Waals surface area contributed by atoms with Crippen LogP contribution in [0.25, 0.3) is 0 Å².